The maximum atomic E-state index is 11.2. The van der Waals surface area contributed by atoms with Gasteiger partial charge in [0.15, 0.2) is 0 Å². The fraction of sp³-hybridized carbons (Fsp3) is 0.333. The molecule has 0 bridgehead atoms. The van der Waals surface area contributed by atoms with Gasteiger partial charge in [-0.05, 0) is 43.5 Å². The van der Waals surface area contributed by atoms with Crippen LogP contribution >= 0.6 is 0 Å². The standard InChI is InChI=1S/C12H15NO2/c1-8-5-10(3)11(6-9(8)2)13(4)12(15)7-14/h5-7H,1-4H3. The number of hydrogen-bond donors (Lipinski definition) is 0. The highest BCUT2D eigenvalue weighted by molar-refractivity contribution is 6.30. The first-order chi connectivity index (χ1) is 6.97. The predicted octanol–water partition coefficient (Wildman–Crippen LogP) is 1.77. The summed E-state index contributed by atoms with van der Waals surface area (Å²) in [6, 6.07) is 3.94. The van der Waals surface area contributed by atoms with E-state index in [4.69, 9.17) is 0 Å². The normalized spacial score (nSPS) is 9.87. The second-order valence-corrected chi connectivity index (χ2v) is 3.74. The monoisotopic (exact) mass is 205 g/mol. The summed E-state index contributed by atoms with van der Waals surface area (Å²) in [7, 11) is 1.60. The third kappa shape index (κ3) is 2.24. The molecule has 15 heavy (non-hydrogen) atoms. The number of likely N-dealkylation sites (N-methyl/N-ethyl adjacent to an activating group) is 1. The molecular formula is C12H15NO2. The van der Waals surface area contributed by atoms with Gasteiger partial charge in [0.05, 0.1) is 0 Å². The average molecular weight is 205 g/mol. The van der Waals surface area contributed by atoms with Crippen molar-refractivity contribution < 1.29 is 9.59 Å². The van der Waals surface area contributed by atoms with Gasteiger partial charge in [0.25, 0.3) is 5.91 Å². The molecule has 0 aliphatic heterocycles. The predicted molar refractivity (Wildman–Crippen MR) is 60.1 cm³/mol. The summed E-state index contributed by atoms with van der Waals surface area (Å²) in [4.78, 5) is 23.0. The number of carbonyl (C=O) groups is 2. The molecule has 80 valence electrons. The Hall–Kier alpha value is -1.64. The van der Waals surface area contributed by atoms with Crippen molar-refractivity contribution in [3.05, 3.63) is 28.8 Å². The largest absolute Gasteiger partial charge is 0.309 e. The highest BCUT2D eigenvalue weighted by Crippen LogP contribution is 2.22. The van der Waals surface area contributed by atoms with Crippen LogP contribution in [0.3, 0.4) is 0 Å². The summed E-state index contributed by atoms with van der Waals surface area (Å²) in [6.07, 6.45) is 0.328. The van der Waals surface area contributed by atoms with E-state index in [1.54, 1.807) is 7.05 Å². The summed E-state index contributed by atoms with van der Waals surface area (Å²) in [5.41, 5.74) is 4.08. The maximum absolute atomic E-state index is 11.2. The fourth-order valence-corrected chi connectivity index (χ4v) is 1.50. The molecule has 0 radical (unpaired) electrons. The highest BCUT2D eigenvalue weighted by atomic mass is 16.2. The van der Waals surface area contributed by atoms with E-state index in [1.165, 1.54) is 10.5 Å². The molecule has 0 spiro atoms. The lowest BCUT2D eigenvalue weighted by Gasteiger charge is -2.18. The number of rotatable bonds is 2. The Morgan fingerprint density at radius 3 is 2.20 bits per heavy atom. The van der Waals surface area contributed by atoms with Crippen LogP contribution in [0.4, 0.5) is 5.69 Å². The lowest BCUT2D eigenvalue weighted by molar-refractivity contribution is -0.129. The van der Waals surface area contributed by atoms with Crippen LogP contribution in [-0.4, -0.2) is 19.2 Å². The molecule has 0 aliphatic rings. The molecule has 0 aromatic heterocycles. The van der Waals surface area contributed by atoms with E-state index in [-0.39, 0.29) is 0 Å². The first kappa shape index (κ1) is 11.4. The van der Waals surface area contributed by atoms with E-state index in [0.717, 1.165) is 16.8 Å². The molecule has 0 heterocycles. The van der Waals surface area contributed by atoms with Gasteiger partial charge in [0.2, 0.25) is 6.29 Å². The average Bonchev–Trinajstić information content (AvgIpc) is 2.21. The van der Waals surface area contributed by atoms with Gasteiger partial charge in [0.1, 0.15) is 0 Å². The van der Waals surface area contributed by atoms with Crippen molar-refractivity contribution in [1.82, 2.24) is 0 Å². The van der Waals surface area contributed by atoms with Crippen LogP contribution in [0.15, 0.2) is 12.1 Å². The Balaban J connectivity index is 3.20. The number of hydrogen-bond acceptors (Lipinski definition) is 2. The van der Waals surface area contributed by atoms with Crippen LogP contribution in [0.25, 0.3) is 0 Å². The molecule has 0 N–H and O–H groups in total. The lowest BCUT2D eigenvalue weighted by Crippen LogP contribution is -2.27. The number of amides is 1. The van der Waals surface area contributed by atoms with Gasteiger partial charge < -0.3 is 4.90 Å². The topological polar surface area (TPSA) is 37.4 Å². The summed E-state index contributed by atoms with van der Waals surface area (Å²) < 4.78 is 0. The molecule has 0 fully saturated rings. The Morgan fingerprint density at radius 1 is 1.13 bits per heavy atom. The molecule has 0 saturated carbocycles. The van der Waals surface area contributed by atoms with E-state index in [0.29, 0.717) is 6.29 Å². The molecule has 3 heteroatoms. The minimum absolute atomic E-state index is 0.328. The molecule has 0 unspecified atom stereocenters. The minimum Gasteiger partial charge on any atom is -0.309 e. The molecule has 0 atom stereocenters. The van der Waals surface area contributed by atoms with Gasteiger partial charge in [0, 0.05) is 12.7 Å². The zero-order valence-electron chi connectivity index (χ0n) is 9.50. The molecular weight excluding hydrogens is 190 g/mol. The summed E-state index contributed by atoms with van der Waals surface area (Å²) in [6.45, 7) is 5.93. The second-order valence-electron chi connectivity index (χ2n) is 3.74. The second kappa shape index (κ2) is 4.26. The Morgan fingerprint density at radius 2 is 1.67 bits per heavy atom. The number of aryl methyl sites for hydroxylation is 3. The smallest absolute Gasteiger partial charge is 0.290 e. The third-order valence-corrected chi connectivity index (χ3v) is 2.61. The van der Waals surface area contributed by atoms with Gasteiger partial charge in [-0.3, -0.25) is 9.59 Å². The molecule has 1 aromatic carbocycles. The van der Waals surface area contributed by atoms with Gasteiger partial charge >= 0.3 is 0 Å². The molecule has 1 amide bonds. The quantitative estimate of drug-likeness (QED) is 0.545. The SMILES string of the molecule is Cc1cc(C)c(N(C)C(=O)C=O)cc1C. The van der Waals surface area contributed by atoms with Crippen LogP contribution < -0.4 is 4.90 Å². The van der Waals surface area contributed by atoms with E-state index in [1.807, 2.05) is 32.9 Å². The van der Waals surface area contributed by atoms with Crippen LogP contribution in [0.1, 0.15) is 16.7 Å². The van der Waals surface area contributed by atoms with Crippen molar-refractivity contribution in [2.75, 3.05) is 11.9 Å². The van der Waals surface area contributed by atoms with Crippen LogP contribution in [-0.2, 0) is 9.59 Å². The third-order valence-electron chi connectivity index (χ3n) is 2.61. The summed E-state index contributed by atoms with van der Waals surface area (Å²) in [5.74, 6) is -0.527. The number of anilines is 1. The van der Waals surface area contributed by atoms with E-state index in [9.17, 15) is 9.59 Å². The van der Waals surface area contributed by atoms with Crippen molar-refractivity contribution >= 4 is 17.9 Å². The Kier molecular flexibility index (Phi) is 3.24. The Labute approximate surface area is 89.7 Å². The fourth-order valence-electron chi connectivity index (χ4n) is 1.50. The zero-order chi connectivity index (χ0) is 11.6. The van der Waals surface area contributed by atoms with Gasteiger partial charge in [-0.25, -0.2) is 0 Å². The molecule has 1 aromatic rings. The molecule has 0 aliphatic carbocycles. The molecule has 0 saturated heterocycles. The summed E-state index contributed by atoms with van der Waals surface area (Å²) >= 11 is 0. The number of nitrogens with zero attached hydrogens (tertiary/aromatic N) is 1. The summed E-state index contributed by atoms with van der Waals surface area (Å²) in [5, 5.41) is 0. The number of aldehydes is 1. The minimum atomic E-state index is -0.527. The van der Waals surface area contributed by atoms with Crippen molar-refractivity contribution in [3.63, 3.8) is 0 Å². The van der Waals surface area contributed by atoms with Gasteiger partial charge in [-0.15, -0.1) is 0 Å². The van der Waals surface area contributed by atoms with Crippen LogP contribution in [0.5, 0.6) is 0 Å². The number of benzene rings is 1. The number of carbonyl (C=O) groups excluding carboxylic acids is 2. The van der Waals surface area contributed by atoms with Crippen molar-refractivity contribution in [1.29, 1.82) is 0 Å². The van der Waals surface area contributed by atoms with E-state index < -0.39 is 5.91 Å². The first-order valence-electron chi connectivity index (χ1n) is 4.78. The van der Waals surface area contributed by atoms with Crippen LogP contribution in [0, 0.1) is 20.8 Å². The van der Waals surface area contributed by atoms with Crippen molar-refractivity contribution in [2.45, 2.75) is 20.8 Å². The molecule has 3 nitrogen and oxygen atoms in total. The van der Waals surface area contributed by atoms with Crippen molar-refractivity contribution in [2.24, 2.45) is 0 Å². The first-order valence-corrected chi connectivity index (χ1v) is 4.78. The van der Waals surface area contributed by atoms with Crippen LogP contribution in [0.2, 0.25) is 0 Å². The van der Waals surface area contributed by atoms with Gasteiger partial charge in [-0.2, -0.15) is 0 Å². The Bertz CT molecular complexity index is 410. The van der Waals surface area contributed by atoms with E-state index >= 15 is 0 Å². The highest BCUT2D eigenvalue weighted by Gasteiger charge is 2.12. The lowest BCUT2D eigenvalue weighted by atomic mass is 10.0. The van der Waals surface area contributed by atoms with Gasteiger partial charge in [-0.1, -0.05) is 6.07 Å². The van der Waals surface area contributed by atoms with Crippen molar-refractivity contribution in [3.8, 4) is 0 Å². The molecule has 1 rings (SSSR count). The zero-order valence-corrected chi connectivity index (χ0v) is 9.50. The van der Waals surface area contributed by atoms with E-state index in [2.05, 4.69) is 0 Å². The maximum Gasteiger partial charge on any atom is 0.290 e.